The third kappa shape index (κ3) is 2.15. The maximum absolute atomic E-state index is 4.42. The Kier molecular flexibility index (Phi) is 3.32. The predicted molar refractivity (Wildman–Crippen MR) is 59.4 cm³/mol. The summed E-state index contributed by atoms with van der Waals surface area (Å²) in [6.07, 6.45) is 0. The number of nitrogens with one attached hydrogen (secondary N) is 1. The first-order valence-electron chi connectivity index (χ1n) is 5.19. The van der Waals surface area contributed by atoms with Crippen LogP contribution in [0.5, 0.6) is 0 Å². The second-order valence-corrected chi connectivity index (χ2v) is 4.25. The molecule has 1 rings (SSSR count). The van der Waals surface area contributed by atoms with E-state index in [4.69, 9.17) is 0 Å². The first-order valence-corrected chi connectivity index (χ1v) is 5.19. The van der Waals surface area contributed by atoms with Gasteiger partial charge in [-0.15, -0.1) is 0 Å². The van der Waals surface area contributed by atoms with Crippen LogP contribution in [-0.2, 0) is 7.05 Å². The Morgan fingerprint density at radius 2 is 1.79 bits per heavy atom. The third-order valence-corrected chi connectivity index (χ3v) is 2.58. The number of aryl methyl sites for hydroxylation is 2. The third-order valence-electron chi connectivity index (χ3n) is 2.58. The minimum Gasteiger partial charge on any atom is -0.308 e. The topological polar surface area (TPSA) is 29.9 Å². The van der Waals surface area contributed by atoms with E-state index in [0.29, 0.717) is 12.1 Å². The quantitative estimate of drug-likeness (QED) is 0.800. The summed E-state index contributed by atoms with van der Waals surface area (Å²) in [7, 11) is 1.99. The normalized spacial score (nSPS) is 13.6. The van der Waals surface area contributed by atoms with Gasteiger partial charge in [0.25, 0.3) is 0 Å². The molecule has 3 heteroatoms. The number of nitrogens with zero attached hydrogens (tertiary/aromatic N) is 2. The molecule has 0 bridgehead atoms. The average Bonchev–Trinajstić information content (AvgIpc) is 2.25. The van der Waals surface area contributed by atoms with Gasteiger partial charge in [-0.25, -0.2) is 0 Å². The predicted octanol–water partition coefficient (Wildman–Crippen LogP) is 2.10. The van der Waals surface area contributed by atoms with Gasteiger partial charge in [-0.05, 0) is 20.8 Å². The highest BCUT2D eigenvalue weighted by Gasteiger charge is 2.16. The van der Waals surface area contributed by atoms with E-state index in [1.54, 1.807) is 0 Å². The molecule has 0 aromatic carbocycles. The minimum atomic E-state index is 0.378. The maximum atomic E-state index is 4.42. The van der Waals surface area contributed by atoms with Gasteiger partial charge in [0.2, 0.25) is 0 Å². The molecule has 1 aromatic heterocycles. The Bertz CT molecular complexity index is 313. The molecule has 0 amide bonds. The molecule has 1 heterocycles. The Morgan fingerprint density at radius 3 is 2.14 bits per heavy atom. The molecule has 1 unspecified atom stereocenters. The van der Waals surface area contributed by atoms with E-state index < -0.39 is 0 Å². The minimum absolute atomic E-state index is 0.378. The van der Waals surface area contributed by atoms with E-state index >= 15 is 0 Å². The van der Waals surface area contributed by atoms with E-state index in [1.165, 1.54) is 11.3 Å². The van der Waals surface area contributed by atoms with Gasteiger partial charge >= 0.3 is 0 Å². The van der Waals surface area contributed by atoms with Crippen molar-refractivity contribution in [2.75, 3.05) is 0 Å². The highest BCUT2D eigenvalue weighted by molar-refractivity contribution is 5.27. The van der Waals surface area contributed by atoms with Crippen molar-refractivity contribution in [1.82, 2.24) is 15.1 Å². The van der Waals surface area contributed by atoms with Crippen LogP contribution in [0.1, 0.15) is 43.8 Å². The molecule has 0 fully saturated rings. The summed E-state index contributed by atoms with van der Waals surface area (Å²) in [6.45, 7) is 10.7. The number of rotatable bonds is 3. The maximum Gasteiger partial charge on any atom is 0.0644 e. The number of hydrogen-bond donors (Lipinski definition) is 1. The van der Waals surface area contributed by atoms with E-state index in [2.05, 4.69) is 45.0 Å². The van der Waals surface area contributed by atoms with Crippen molar-refractivity contribution in [3.05, 3.63) is 17.0 Å². The molecule has 0 spiro atoms. The molecular formula is C11H21N3. The molecular weight excluding hydrogens is 174 g/mol. The fourth-order valence-electron chi connectivity index (χ4n) is 2.00. The summed E-state index contributed by atoms with van der Waals surface area (Å²) in [6, 6.07) is 0.882. The zero-order valence-corrected chi connectivity index (χ0v) is 10.0. The van der Waals surface area contributed by atoms with Gasteiger partial charge in [-0.1, -0.05) is 13.8 Å². The van der Waals surface area contributed by atoms with Crippen LogP contribution in [-0.4, -0.2) is 15.8 Å². The molecule has 0 saturated carbocycles. The lowest BCUT2D eigenvalue weighted by Gasteiger charge is -2.17. The molecule has 0 aliphatic heterocycles. The highest BCUT2D eigenvalue weighted by atomic mass is 15.3. The summed E-state index contributed by atoms with van der Waals surface area (Å²) >= 11 is 0. The molecule has 1 N–H and O–H groups in total. The fraction of sp³-hybridized carbons (Fsp3) is 0.727. The van der Waals surface area contributed by atoms with Crippen molar-refractivity contribution in [3.8, 4) is 0 Å². The summed E-state index contributed by atoms with van der Waals surface area (Å²) in [5, 5.41) is 7.92. The Balaban J connectivity index is 2.94. The second kappa shape index (κ2) is 4.13. The molecule has 80 valence electrons. The van der Waals surface area contributed by atoms with Gasteiger partial charge in [-0.2, -0.15) is 5.10 Å². The number of aromatic nitrogens is 2. The van der Waals surface area contributed by atoms with Crippen molar-refractivity contribution in [3.63, 3.8) is 0 Å². The molecule has 1 atom stereocenters. The van der Waals surface area contributed by atoms with Crippen LogP contribution < -0.4 is 5.32 Å². The van der Waals surface area contributed by atoms with Crippen molar-refractivity contribution in [1.29, 1.82) is 0 Å². The Labute approximate surface area is 86.5 Å². The van der Waals surface area contributed by atoms with Gasteiger partial charge in [0, 0.05) is 30.4 Å². The lowest BCUT2D eigenvalue weighted by atomic mass is 10.1. The molecule has 1 aromatic rings. The van der Waals surface area contributed by atoms with Crippen molar-refractivity contribution < 1.29 is 0 Å². The van der Waals surface area contributed by atoms with Crippen LogP contribution in [0.4, 0.5) is 0 Å². The lowest BCUT2D eigenvalue weighted by molar-refractivity contribution is 0.502. The zero-order chi connectivity index (χ0) is 10.9. The summed E-state index contributed by atoms with van der Waals surface area (Å²) in [4.78, 5) is 0. The summed E-state index contributed by atoms with van der Waals surface area (Å²) in [5.74, 6) is 0. The molecule has 3 nitrogen and oxygen atoms in total. The van der Waals surface area contributed by atoms with Crippen LogP contribution in [0.15, 0.2) is 0 Å². The van der Waals surface area contributed by atoms with Gasteiger partial charge in [0.05, 0.1) is 5.69 Å². The number of hydrogen-bond acceptors (Lipinski definition) is 2. The standard InChI is InChI=1S/C11H21N3/c1-7(2)12-8(3)11-9(4)13-14(6)10(11)5/h7-8,12H,1-6H3. The van der Waals surface area contributed by atoms with E-state index in [1.807, 2.05) is 11.7 Å². The largest absolute Gasteiger partial charge is 0.308 e. The van der Waals surface area contributed by atoms with Crippen LogP contribution in [0.3, 0.4) is 0 Å². The van der Waals surface area contributed by atoms with Gasteiger partial charge in [0.15, 0.2) is 0 Å². The van der Waals surface area contributed by atoms with Crippen molar-refractivity contribution in [2.45, 2.75) is 46.7 Å². The van der Waals surface area contributed by atoms with Gasteiger partial charge in [0.1, 0.15) is 0 Å². The lowest BCUT2D eigenvalue weighted by Crippen LogP contribution is -2.26. The second-order valence-electron chi connectivity index (χ2n) is 4.25. The summed E-state index contributed by atoms with van der Waals surface area (Å²) in [5.41, 5.74) is 3.72. The Hall–Kier alpha value is -0.830. The highest BCUT2D eigenvalue weighted by Crippen LogP contribution is 2.20. The van der Waals surface area contributed by atoms with Crippen molar-refractivity contribution in [2.24, 2.45) is 7.05 Å². The average molecular weight is 195 g/mol. The van der Waals surface area contributed by atoms with E-state index in [0.717, 1.165) is 5.69 Å². The fourth-order valence-corrected chi connectivity index (χ4v) is 2.00. The first kappa shape index (κ1) is 11.2. The SMILES string of the molecule is Cc1nn(C)c(C)c1C(C)NC(C)C. The smallest absolute Gasteiger partial charge is 0.0644 e. The molecule has 0 radical (unpaired) electrons. The van der Waals surface area contributed by atoms with E-state index in [-0.39, 0.29) is 0 Å². The van der Waals surface area contributed by atoms with Gasteiger partial charge < -0.3 is 5.32 Å². The monoisotopic (exact) mass is 195 g/mol. The molecule has 0 aliphatic carbocycles. The van der Waals surface area contributed by atoms with Gasteiger partial charge in [-0.3, -0.25) is 4.68 Å². The molecule has 0 saturated heterocycles. The first-order chi connectivity index (χ1) is 6.43. The van der Waals surface area contributed by atoms with Crippen LogP contribution >= 0.6 is 0 Å². The van der Waals surface area contributed by atoms with Crippen molar-refractivity contribution >= 4 is 0 Å². The van der Waals surface area contributed by atoms with Crippen LogP contribution in [0.2, 0.25) is 0 Å². The van der Waals surface area contributed by atoms with Crippen LogP contribution in [0, 0.1) is 13.8 Å². The molecule has 0 aliphatic rings. The van der Waals surface area contributed by atoms with Crippen LogP contribution in [0.25, 0.3) is 0 Å². The molecule has 14 heavy (non-hydrogen) atoms. The Morgan fingerprint density at radius 1 is 1.21 bits per heavy atom. The zero-order valence-electron chi connectivity index (χ0n) is 10.0. The summed E-state index contributed by atoms with van der Waals surface area (Å²) < 4.78 is 1.95. The van der Waals surface area contributed by atoms with E-state index in [9.17, 15) is 0 Å².